The monoisotopic (exact) mass is 168 g/mol. The van der Waals surface area contributed by atoms with E-state index >= 15 is 0 Å². The van der Waals surface area contributed by atoms with Crippen LogP contribution in [-0.2, 0) is 11.3 Å². The number of amides is 1. The van der Waals surface area contributed by atoms with Crippen LogP contribution in [0.3, 0.4) is 0 Å². The number of nitrogens with one attached hydrogen (secondary N) is 1. The number of aromatic amines is 1. The van der Waals surface area contributed by atoms with E-state index in [0.717, 1.165) is 5.82 Å². The molecule has 0 spiro atoms. The van der Waals surface area contributed by atoms with Crippen LogP contribution in [0.5, 0.6) is 0 Å². The Bertz CT molecular complexity index is 244. The van der Waals surface area contributed by atoms with Crippen molar-refractivity contribution in [1.29, 1.82) is 0 Å². The van der Waals surface area contributed by atoms with Gasteiger partial charge in [-0.25, -0.2) is 4.98 Å². The lowest BCUT2D eigenvalue weighted by Gasteiger charge is -2.13. The summed E-state index contributed by atoms with van der Waals surface area (Å²) in [7, 11) is 1.69. The van der Waals surface area contributed by atoms with E-state index in [1.807, 2.05) is 0 Å². The first-order chi connectivity index (χ1) is 5.74. The number of hydrogen-bond donors (Lipinski definition) is 2. The molecule has 12 heavy (non-hydrogen) atoms. The van der Waals surface area contributed by atoms with Gasteiger partial charge in [0.2, 0.25) is 5.91 Å². The molecule has 0 aliphatic heterocycles. The van der Waals surface area contributed by atoms with E-state index in [1.165, 1.54) is 4.90 Å². The molecule has 5 nitrogen and oxygen atoms in total. The average molecular weight is 168 g/mol. The summed E-state index contributed by atoms with van der Waals surface area (Å²) in [5.74, 6) is 0.672. The van der Waals surface area contributed by atoms with Crippen molar-refractivity contribution in [3.05, 3.63) is 18.2 Å². The molecule has 0 aromatic carbocycles. The molecule has 0 unspecified atom stereocenters. The zero-order chi connectivity index (χ0) is 8.97. The van der Waals surface area contributed by atoms with Crippen molar-refractivity contribution >= 4 is 5.91 Å². The molecule has 1 amide bonds. The van der Waals surface area contributed by atoms with Crippen LogP contribution in [0.4, 0.5) is 0 Å². The van der Waals surface area contributed by atoms with Crippen molar-refractivity contribution in [1.82, 2.24) is 14.9 Å². The van der Waals surface area contributed by atoms with Crippen LogP contribution >= 0.6 is 0 Å². The van der Waals surface area contributed by atoms with Gasteiger partial charge in [0.05, 0.1) is 13.1 Å². The van der Waals surface area contributed by atoms with E-state index < -0.39 is 0 Å². The molecule has 1 rings (SSSR count). The zero-order valence-corrected chi connectivity index (χ0v) is 6.95. The van der Waals surface area contributed by atoms with Crippen LogP contribution < -0.4 is 5.73 Å². The zero-order valence-electron chi connectivity index (χ0n) is 6.95. The molecule has 3 N–H and O–H groups in total. The normalized spacial score (nSPS) is 9.83. The molecular formula is C7H12N4O. The fraction of sp³-hybridized carbons (Fsp3) is 0.429. The molecular weight excluding hydrogens is 156 g/mol. The number of H-pyrrole nitrogens is 1. The lowest BCUT2D eigenvalue weighted by atomic mass is 10.5. The topological polar surface area (TPSA) is 75.0 Å². The average Bonchev–Trinajstić information content (AvgIpc) is 2.55. The number of imidazole rings is 1. The van der Waals surface area contributed by atoms with Crippen molar-refractivity contribution in [2.24, 2.45) is 5.73 Å². The molecule has 0 saturated heterocycles. The third-order valence-electron chi connectivity index (χ3n) is 1.54. The van der Waals surface area contributed by atoms with E-state index in [1.54, 1.807) is 19.4 Å². The van der Waals surface area contributed by atoms with Crippen molar-refractivity contribution in [2.45, 2.75) is 6.54 Å². The molecule has 0 aliphatic rings. The highest BCUT2D eigenvalue weighted by atomic mass is 16.2. The molecule has 66 valence electrons. The molecule has 0 radical (unpaired) electrons. The first kappa shape index (κ1) is 8.73. The standard InChI is InChI=1S/C7H12N4O/c1-11(7(12)4-8)5-6-9-2-3-10-6/h2-3H,4-5,8H2,1H3,(H,9,10). The van der Waals surface area contributed by atoms with Gasteiger partial charge in [-0.15, -0.1) is 0 Å². The molecule has 0 saturated carbocycles. The van der Waals surface area contributed by atoms with Gasteiger partial charge in [-0.1, -0.05) is 0 Å². The van der Waals surface area contributed by atoms with Crippen molar-refractivity contribution < 1.29 is 4.79 Å². The number of nitrogens with two attached hydrogens (primary N) is 1. The summed E-state index contributed by atoms with van der Waals surface area (Å²) in [6, 6.07) is 0. The van der Waals surface area contributed by atoms with Gasteiger partial charge < -0.3 is 15.6 Å². The first-order valence-electron chi connectivity index (χ1n) is 3.66. The second kappa shape index (κ2) is 3.87. The first-order valence-corrected chi connectivity index (χ1v) is 3.66. The van der Waals surface area contributed by atoms with Gasteiger partial charge in [0, 0.05) is 19.4 Å². The molecule has 5 heteroatoms. The summed E-state index contributed by atoms with van der Waals surface area (Å²) >= 11 is 0. The van der Waals surface area contributed by atoms with Crippen molar-refractivity contribution in [3.63, 3.8) is 0 Å². The summed E-state index contributed by atoms with van der Waals surface area (Å²) in [6.45, 7) is 0.514. The Kier molecular flexibility index (Phi) is 2.82. The Morgan fingerprint density at radius 2 is 2.58 bits per heavy atom. The highest BCUT2D eigenvalue weighted by Gasteiger charge is 2.06. The quantitative estimate of drug-likeness (QED) is 0.628. The largest absolute Gasteiger partial charge is 0.347 e. The Morgan fingerprint density at radius 3 is 3.08 bits per heavy atom. The predicted molar refractivity (Wildman–Crippen MR) is 44.1 cm³/mol. The molecule has 0 atom stereocenters. The van der Waals surface area contributed by atoms with Gasteiger partial charge in [-0.05, 0) is 0 Å². The molecule has 1 aromatic rings. The summed E-state index contributed by atoms with van der Waals surface area (Å²) in [4.78, 5) is 19.4. The highest BCUT2D eigenvalue weighted by molar-refractivity contribution is 5.77. The predicted octanol–water partition coefficient (Wildman–Crippen LogP) is -0.673. The highest BCUT2D eigenvalue weighted by Crippen LogP contribution is 1.94. The van der Waals surface area contributed by atoms with Crippen LogP contribution in [0, 0.1) is 0 Å². The lowest BCUT2D eigenvalue weighted by Crippen LogP contribution is -2.32. The second-order valence-electron chi connectivity index (χ2n) is 2.49. The smallest absolute Gasteiger partial charge is 0.236 e. The van der Waals surface area contributed by atoms with Crippen LogP contribution in [0.2, 0.25) is 0 Å². The third-order valence-corrected chi connectivity index (χ3v) is 1.54. The Labute approximate surface area is 70.6 Å². The van der Waals surface area contributed by atoms with Crippen LogP contribution in [0.1, 0.15) is 5.82 Å². The van der Waals surface area contributed by atoms with E-state index in [9.17, 15) is 4.79 Å². The minimum Gasteiger partial charge on any atom is -0.347 e. The number of aromatic nitrogens is 2. The molecule has 1 heterocycles. The number of rotatable bonds is 3. The van der Waals surface area contributed by atoms with E-state index in [-0.39, 0.29) is 12.5 Å². The number of hydrogen-bond acceptors (Lipinski definition) is 3. The van der Waals surface area contributed by atoms with Gasteiger partial charge in [-0.2, -0.15) is 0 Å². The molecule has 0 fully saturated rings. The van der Waals surface area contributed by atoms with Gasteiger partial charge in [0.1, 0.15) is 5.82 Å². The minimum absolute atomic E-state index is 0.0389. The van der Waals surface area contributed by atoms with Gasteiger partial charge in [0.15, 0.2) is 0 Å². The minimum atomic E-state index is -0.0913. The fourth-order valence-electron chi connectivity index (χ4n) is 0.853. The van der Waals surface area contributed by atoms with Crippen molar-refractivity contribution in [3.8, 4) is 0 Å². The summed E-state index contributed by atoms with van der Waals surface area (Å²) < 4.78 is 0. The maximum atomic E-state index is 11.0. The Hall–Kier alpha value is -1.36. The number of carbonyl (C=O) groups excluding carboxylic acids is 1. The van der Waals surface area contributed by atoms with E-state index in [0.29, 0.717) is 6.54 Å². The lowest BCUT2D eigenvalue weighted by molar-refractivity contribution is -0.128. The Morgan fingerprint density at radius 1 is 1.83 bits per heavy atom. The van der Waals surface area contributed by atoms with Gasteiger partial charge in [-0.3, -0.25) is 4.79 Å². The van der Waals surface area contributed by atoms with E-state index in [2.05, 4.69) is 9.97 Å². The number of nitrogens with zero attached hydrogens (tertiary/aromatic N) is 2. The van der Waals surface area contributed by atoms with Crippen molar-refractivity contribution in [2.75, 3.05) is 13.6 Å². The van der Waals surface area contributed by atoms with Crippen LogP contribution in [-0.4, -0.2) is 34.4 Å². The van der Waals surface area contributed by atoms with Gasteiger partial charge in [0.25, 0.3) is 0 Å². The van der Waals surface area contributed by atoms with Crippen LogP contribution in [0.25, 0.3) is 0 Å². The number of likely N-dealkylation sites (N-methyl/N-ethyl adjacent to an activating group) is 1. The van der Waals surface area contributed by atoms with Gasteiger partial charge >= 0.3 is 0 Å². The van der Waals surface area contributed by atoms with E-state index in [4.69, 9.17) is 5.73 Å². The maximum Gasteiger partial charge on any atom is 0.236 e. The third kappa shape index (κ3) is 2.06. The van der Waals surface area contributed by atoms with Crippen LogP contribution in [0.15, 0.2) is 12.4 Å². The molecule has 0 aliphatic carbocycles. The second-order valence-corrected chi connectivity index (χ2v) is 2.49. The molecule has 0 bridgehead atoms. The summed E-state index contributed by atoms with van der Waals surface area (Å²) in [5.41, 5.74) is 5.18. The maximum absolute atomic E-state index is 11.0. The Balaban J connectivity index is 2.47. The molecule has 1 aromatic heterocycles. The summed E-state index contributed by atoms with van der Waals surface area (Å²) in [5, 5.41) is 0. The fourth-order valence-corrected chi connectivity index (χ4v) is 0.853. The SMILES string of the molecule is CN(Cc1ncc[nH]1)C(=O)CN. The number of carbonyl (C=O) groups is 1. The summed E-state index contributed by atoms with van der Waals surface area (Å²) in [6.07, 6.45) is 3.37.